The Labute approximate surface area is 114 Å². The smallest absolute Gasteiger partial charge is 0.254 e. The molecule has 2 N–H and O–H groups in total. The number of piperidine rings is 1. The molecule has 1 unspecified atom stereocenters. The van der Waals surface area contributed by atoms with Gasteiger partial charge in [-0.25, -0.2) is 0 Å². The lowest BCUT2D eigenvalue weighted by molar-refractivity contribution is -0.0440. The van der Waals surface area contributed by atoms with Gasteiger partial charge in [-0.15, -0.1) is 0 Å². The van der Waals surface area contributed by atoms with Crippen LogP contribution in [0.15, 0.2) is 18.2 Å². The lowest BCUT2D eigenvalue weighted by Gasteiger charge is -2.39. The summed E-state index contributed by atoms with van der Waals surface area (Å²) >= 11 is 0. The molecular formula is C15H22N2O2. The molecule has 0 aromatic heterocycles. The Balaban J connectivity index is 2.22. The topological polar surface area (TPSA) is 55.6 Å². The molecule has 1 atom stereocenters. The number of likely N-dealkylation sites (tertiary alicyclic amines) is 1. The summed E-state index contributed by atoms with van der Waals surface area (Å²) in [5, 5.41) is 0. The number of anilines is 1. The van der Waals surface area contributed by atoms with Crippen molar-refractivity contribution in [2.45, 2.75) is 32.3 Å². The zero-order valence-corrected chi connectivity index (χ0v) is 11.9. The first kappa shape index (κ1) is 13.9. The second kappa shape index (κ2) is 5.21. The van der Waals surface area contributed by atoms with Gasteiger partial charge in [-0.2, -0.15) is 0 Å². The maximum Gasteiger partial charge on any atom is 0.254 e. The Morgan fingerprint density at radius 2 is 2.21 bits per heavy atom. The van der Waals surface area contributed by atoms with E-state index < -0.39 is 0 Å². The number of benzene rings is 1. The summed E-state index contributed by atoms with van der Waals surface area (Å²) in [6.45, 7) is 5.41. The van der Waals surface area contributed by atoms with Gasteiger partial charge in [-0.05, 0) is 44.4 Å². The third-order valence-corrected chi connectivity index (χ3v) is 3.93. The van der Waals surface area contributed by atoms with Crippen LogP contribution < -0.4 is 5.73 Å². The fourth-order valence-corrected chi connectivity index (χ4v) is 2.59. The fraction of sp³-hybridized carbons (Fsp3) is 0.533. The summed E-state index contributed by atoms with van der Waals surface area (Å²) in [6.07, 6.45) is 1.96. The van der Waals surface area contributed by atoms with E-state index in [1.54, 1.807) is 13.2 Å². The Hall–Kier alpha value is -1.55. The molecule has 1 aliphatic heterocycles. The SMILES string of the molecule is COC1(C)CCCN(C(=O)c2cc(N)ccc2C)C1. The molecule has 2 rings (SSSR count). The Bertz CT molecular complexity index is 487. The molecule has 4 nitrogen and oxygen atoms in total. The average molecular weight is 262 g/mol. The lowest BCUT2D eigenvalue weighted by Crippen LogP contribution is -2.49. The summed E-state index contributed by atoms with van der Waals surface area (Å²) in [5.74, 6) is 0.0489. The van der Waals surface area contributed by atoms with E-state index in [1.807, 2.05) is 24.0 Å². The van der Waals surface area contributed by atoms with Crippen molar-refractivity contribution in [3.63, 3.8) is 0 Å². The van der Waals surface area contributed by atoms with E-state index in [9.17, 15) is 4.79 Å². The number of nitrogens with zero attached hydrogens (tertiary/aromatic N) is 1. The van der Waals surface area contributed by atoms with E-state index in [4.69, 9.17) is 10.5 Å². The van der Waals surface area contributed by atoms with Gasteiger partial charge in [0.05, 0.1) is 5.60 Å². The zero-order chi connectivity index (χ0) is 14.0. The quantitative estimate of drug-likeness (QED) is 0.831. The number of ether oxygens (including phenoxy) is 1. The van der Waals surface area contributed by atoms with Gasteiger partial charge in [0.15, 0.2) is 0 Å². The van der Waals surface area contributed by atoms with Crippen LogP contribution in [0.4, 0.5) is 5.69 Å². The van der Waals surface area contributed by atoms with Crippen molar-refractivity contribution < 1.29 is 9.53 Å². The number of rotatable bonds is 2. The summed E-state index contributed by atoms with van der Waals surface area (Å²) in [4.78, 5) is 14.5. The molecule has 1 fully saturated rings. The highest BCUT2D eigenvalue weighted by Crippen LogP contribution is 2.26. The number of aryl methyl sites for hydroxylation is 1. The number of methoxy groups -OCH3 is 1. The molecule has 0 bridgehead atoms. The number of carbonyl (C=O) groups is 1. The van der Waals surface area contributed by atoms with Crippen molar-refractivity contribution >= 4 is 11.6 Å². The standard InChI is InChI=1S/C15H22N2O2/c1-11-5-6-12(16)9-13(11)14(18)17-8-4-7-15(2,10-17)19-3/h5-6,9H,4,7-8,10,16H2,1-3H3. The van der Waals surface area contributed by atoms with Crippen molar-refractivity contribution in [3.05, 3.63) is 29.3 Å². The molecule has 1 heterocycles. The van der Waals surface area contributed by atoms with Crippen LogP contribution in [0.5, 0.6) is 0 Å². The van der Waals surface area contributed by atoms with E-state index in [0.717, 1.165) is 24.9 Å². The highest BCUT2D eigenvalue weighted by Gasteiger charge is 2.33. The number of carbonyl (C=O) groups excluding carboxylic acids is 1. The van der Waals surface area contributed by atoms with Crippen molar-refractivity contribution in [2.75, 3.05) is 25.9 Å². The highest BCUT2D eigenvalue weighted by atomic mass is 16.5. The Kier molecular flexibility index (Phi) is 3.80. The molecule has 104 valence electrons. The fourth-order valence-electron chi connectivity index (χ4n) is 2.59. The molecule has 1 aliphatic rings. The normalized spacial score (nSPS) is 23.4. The van der Waals surface area contributed by atoms with Gasteiger partial charge in [0.2, 0.25) is 0 Å². The first-order valence-electron chi connectivity index (χ1n) is 6.66. The van der Waals surface area contributed by atoms with Gasteiger partial charge in [0, 0.05) is 31.5 Å². The second-order valence-corrected chi connectivity index (χ2v) is 5.56. The third-order valence-electron chi connectivity index (χ3n) is 3.93. The van der Waals surface area contributed by atoms with Crippen molar-refractivity contribution in [2.24, 2.45) is 0 Å². The van der Waals surface area contributed by atoms with Crippen LogP contribution in [0.1, 0.15) is 35.7 Å². The van der Waals surface area contributed by atoms with Crippen LogP contribution in [0.25, 0.3) is 0 Å². The first-order valence-corrected chi connectivity index (χ1v) is 6.66. The number of nitrogens with two attached hydrogens (primary N) is 1. The summed E-state index contributed by atoms with van der Waals surface area (Å²) in [5.41, 5.74) is 7.83. The molecule has 19 heavy (non-hydrogen) atoms. The molecule has 1 aromatic carbocycles. The maximum atomic E-state index is 12.6. The molecule has 0 aliphatic carbocycles. The third kappa shape index (κ3) is 2.89. The van der Waals surface area contributed by atoms with Crippen LogP contribution >= 0.6 is 0 Å². The minimum absolute atomic E-state index is 0.0489. The van der Waals surface area contributed by atoms with Gasteiger partial charge in [0.25, 0.3) is 5.91 Å². The molecule has 1 saturated heterocycles. The lowest BCUT2D eigenvalue weighted by atomic mass is 9.94. The molecule has 4 heteroatoms. The van der Waals surface area contributed by atoms with E-state index >= 15 is 0 Å². The van der Waals surface area contributed by atoms with Gasteiger partial charge in [0.1, 0.15) is 0 Å². The zero-order valence-electron chi connectivity index (χ0n) is 11.9. The minimum Gasteiger partial charge on any atom is -0.399 e. The Morgan fingerprint density at radius 3 is 2.89 bits per heavy atom. The second-order valence-electron chi connectivity index (χ2n) is 5.56. The maximum absolute atomic E-state index is 12.6. The summed E-state index contributed by atoms with van der Waals surface area (Å²) in [6, 6.07) is 5.47. The van der Waals surface area contributed by atoms with Crippen molar-refractivity contribution in [1.29, 1.82) is 0 Å². The number of hydrogen-bond donors (Lipinski definition) is 1. The highest BCUT2D eigenvalue weighted by molar-refractivity contribution is 5.96. The van der Waals surface area contributed by atoms with Crippen LogP contribution in [0.3, 0.4) is 0 Å². The van der Waals surface area contributed by atoms with Crippen molar-refractivity contribution in [1.82, 2.24) is 4.90 Å². The first-order chi connectivity index (χ1) is 8.95. The van der Waals surface area contributed by atoms with Crippen molar-refractivity contribution in [3.8, 4) is 0 Å². The largest absolute Gasteiger partial charge is 0.399 e. The Morgan fingerprint density at radius 1 is 1.47 bits per heavy atom. The molecule has 0 radical (unpaired) electrons. The molecule has 0 saturated carbocycles. The van der Waals surface area contributed by atoms with Gasteiger partial charge >= 0.3 is 0 Å². The van der Waals surface area contributed by atoms with Crippen LogP contribution in [-0.4, -0.2) is 36.6 Å². The predicted octanol–water partition coefficient (Wildman–Crippen LogP) is 2.22. The van der Waals surface area contributed by atoms with Gasteiger partial charge in [-0.1, -0.05) is 6.07 Å². The van der Waals surface area contributed by atoms with Crippen LogP contribution in [-0.2, 0) is 4.74 Å². The van der Waals surface area contributed by atoms with E-state index in [0.29, 0.717) is 17.8 Å². The number of hydrogen-bond acceptors (Lipinski definition) is 3. The molecule has 1 aromatic rings. The minimum atomic E-state index is -0.234. The summed E-state index contributed by atoms with van der Waals surface area (Å²) < 4.78 is 5.53. The summed E-state index contributed by atoms with van der Waals surface area (Å²) in [7, 11) is 1.71. The number of amides is 1. The van der Waals surface area contributed by atoms with E-state index in [1.165, 1.54) is 0 Å². The van der Waals surface area contributed by atoms with E-state index in [-0.39, 0.29) is 11.5 Å². The number of nitrogen functional groups attached to an aromatic ring is 1. The van der Waals surface area contributed by atoms with E-state index in [2.05, 4.69) is 6.92 Å². The predicted molar refractivity (Wildman–Crippen MR) is 76.1 cm³/mol. The van der Waals surface area contributed by atoms with Crippen LogP contribution in [0.2, 0.25) is 0 Å². The van der Waals surface area contributed by atoms with Gasteiger partial charge < -0.3 is 15.4 Å². The molecule has 0 spiro atoms. The monoisotopic (exact) mass is 262 g/mol. The van der Waals surface area contributed by atoms with Crippen LogP contribution in [0, 0.1) is 6.92 Å². The molecular weight excluding hydrogens is 240 g/mol. The molecule has 1 amide bonds. The average Bonchev–Trinajstić information content (AvgIpc) is 2.41. The van der Waals surface area contributed by atoms with Gasteiger partial charge in [-0.3, -0.25) is 4.79 Å².